The van der Waals surface area contributed by atoms with Crippen molar-refractivity contribution >= 4 is 17.5 Å². The molecule has 3 heteroatoms. The molecule has 1 heterocycles. The Morgan fingerprint density at radius 2 is 1.20 bits per heavy atom. The molecule has 0 N–H and O–H groups in total. The predicted octanol–water partition coefficient (Wildman–Crippen LogP) is 4.06. The average molecular weight is 329 g/mol. The minimum absolute atomic E-state index is 0.0125. The summed E-state index contributed by atoms with van der Waals surface area (Å²) in [6.07, 6.45) is 6.37. The van der Waals surface area contributed by atoms with Crippen LogP contribution in [0.5, 0.6) is 0 Å². The van der Waals surface area contributed by atoms with Crippen LogP contribution in [-0.4, -0.2) is 11.8 Å². The smallest absolute Gasteiger partial charge is 0.238 e. The highest BCUT2D eigenvalue weighted by Crippen LogP contribution is 2.50. The lowest BCUT2D eigenvalue weighted by atomic mass is 9.63. The van der Waals surface area contributed by atoms with Gasteiger partial charge in [0.15, 0.2) is 0 Å². The summed E-state index contributed by atoms with van der Waals surface area (Å²) in [6.45, 7) is 0. The number of rotatable bonds is 2. The molecule has 25 heavy (non-hydrogen) atoms. The summed E-state index contributed by atoms with van der Waals surface area (Å²) < 4.78 is 0. The molecule has 0 unspecified atom stereocenters. The summed E-state index contributed by atoms with van der Waals surface area (Å²) in [5, 5.41) is 0. The third-order valence-electron chi connectivity index (χ3n) is 5.99. The van der Waals surface area contributed by atoms with Gasteiger partial charge in [-0.1, -0.05) is 54.6 Å². The van der Waals surface area contributed by atoms with E-state index in [1.54, 1.807) is 0 Å². The summed E-state index contributed by atoms with van der Waals surface area (Å²) in [6, 6.07) is 17.9. The lowest BCUT2D eigenvalue weighted by molar-refractivity contribution is -0.124. The molecule has 1 saturated carbocycles. The minimum atomic E-state index is -0.148. The first-order valence-corrected chi connectivity index (χ1v) is 8.95. The van der Waals surface area contributed by atoms with E-state index >= 15 is 0 Å². The number of nitrogens with zero attached hydrogens (tertiary/aromatic N) is 1. The van der Waals surface area contributed by atoms with E-state index in [4.69, 9.17) is 0 Å². The molecule has 0 spiro atoms. The van der Waals surface area contributed by atoms with Gasteiger partial charge in [-0.15, -0.1) is 0 Å². The van der Waals surface area contributed by atoms with E-state index in [2.05, 4.69) is 24.3 Å². The highest BCUT2D eigenvalue weighted by molar-refractivity contribution is 6.22. The molecule has 2 fully saturated rings. The second-order valence-electron chi connectivity index (χ2n) is 7.27. The van der Waals surface area contributed by atoms with Gasteiger partial charge < -0.3 is 0 Å². The number of carbonyl (C=O) groups is 2. The molecule has 4 aliphatic rings. The van der Waals surface area contributed by atoms with Gasteiger partial charge in [-0.2, -0.15) is 0 Å². The standard InChI is InChI=1S/C22H19NO2/c24-21-19-16-6-7-17(9-8-16)20(19)22(25)23(21)18-12-10-15(11-13-18)14-4-2-1-3-5-14/h1-7,10-13,16-17,19-20H,8-9H2/t16-,17+,19-,20-/m0/s1. The Bertz CT molecular complexity index is 837. The van der Waals surface area contributed by atoms with Crippen molar-refractivity contribution in [3.8, 4) is 11.1 Å². The van der Waals surface area contributed by atoms with Crippen molar-refractivity contribution in [3.05, 3.63) is 66.7 Å². The van der Waals surface area contributed by atoms with Gasteiger partial charge in [0.25, 0.3) is 0 Å². The van der Waals surface area contributed by atoms with Gasteiger partial charge >= 0.3 is 0 Å². The monoisotopic (exact) mass is 329 g/mol. The maximum atomic E-state index is 13.0. The van der Waals surface area contributed by atoms with Crippen LogP contribution < -0.4 is 4.90 Å². The molecule has 3 aliphatic carbocycles. The largest absolute Gasteiger partial charge is 0.274 e. The number of allylic oxidation sites excluding steroid dienone is 2. The fourth-order valence-corrected chi connectivity index (χ4v) is 4.76. The van der Waals surface area contributed by atoms with Gasteiger partial charge in [-0.05, 0) is 47.9 Å². The van der Waals surface area contributed by atoms with E-state index in [9.17, 15) is 9.59 Å². The van der Waals surface area contributed by atoms with Crippen molar-refractivity contribution in [2.45, 2.75) is 12.8 Å². The molecular formula is C22H19NO2. The maximum absolute atomic E-state index is 13.0. The van der Waals surface area contributed by atoms with E-state index in [1.165, 1.54) is 4.90 Å². The number of carbonyl (C=O) groups excluding carboxylic acids is 2. The Kier molecular flexibility index (Phi) is 3.17. The van der Waals surface area contributed by atoms with E-state index in [0.29, 0.717) is 5.69 Å². The molecule has 2 aromatic carbocycles. The van der Waals surface area contributed by atoms with E-state index in [-0.39, 0.29) is 35.5 Å². The topological polar surface area (TPSA) is 37.4 Å². The zero-order chi connectivity index (χ0) is 17.0. The third kappa shape index (κ3) is 2.12. The quantitative estimate of drug-likeness (QED) is 0.615. The molecule has 2 bridgehead atoms. The zero-order valence-electron chi connectivity index (χ0n) is 13.8. The Labute approximate surface area is 147 Å². The predicted molar refractivity (Wildman–Crippen MR) is 96.7 cm³/mol. The molecule has 0 radical (unpaired) electrons. The van der Waals surface area contributed by atoms with Gasteiger partial charge in [0.2, 0.25) is 11.8 Å². The van der Waals surface area contributed by atoms with Crippen LogP contribution in [0, 0.1) is 23.7 Å². The molecular weight excluding hydrogens is 310 g/mol. The molecule has 4 atom stereocenters. The Morgan fingerprint density at radius 1 is 0.680 bits per heavy atom. The molecule has 2 aromatic rings. The van der Waals surface area contributed by atoms with Crippen LogP contribution >= 0.6 is 0 Å². The molecule has 6 rings (SSSR count). The van der Waals surface area contributed by atoms with E-state index in [1.807, 2.05) is 42.5 Å². The first-order chi connectivity index (χ1) is 12.2. The summed E-state index contributed by atoms with van der Waals surface area (Å²) in [4.78, 5) is 27.4. The third-order valence-corrected chi connectivity index (χ3v) is 5.99. The van der Waals surface area contributed by atoms with E-state index in [0.717, 1.165) is 24.0 Å². The van der Waals surface area contributed by atoms with Crippen LogP contribution in [-0.2, 0) is 9.59 Å². The average Bonchev–Trinajstić information content (AvgIpc) is 2.97. The maximum Gasteiger partial charge on any atom is 0.238 e. The molecule has 2 amide bonds. The Morgan fingerprint density at radius 3 is 1.72 bits per heavy atom. The lowest BCUT2D eigenvalue weighted by Gasteiger charge is -2.38. The van der Waals surface area contributed by atoms with Gasteiger partial charge in [-0.25, -0.2) is 0 Å². The summed E-state index contributed by atoms with van der Waals surface area (Å²) in [5.41, 5.74) is 2.91. The first kappa shape index (κ1) is 14.6. The number of amides is 2. The molecule has 1 aliphatic heterocycles. The normalized spacial score (nSPS) is 30.0. The number of benzene rings is 2. The fourth-order valence-electron chi connectivity index (χ4n) is 4.76. The molecule has 1 saturated heterocycles. The van der Waals surface area contributed by atoms with Crippen LogP contribution in [0.2, 0.25) is 0 Å². The number of hydrogen-bond donors (Lipinski definition) is 0. The second kappa shape index (κ2) is 5.41. The fraction of sp³-hybridized carbons (Fsp3) is 0.273. The van der Waals surface area contributed by atoms with E-state index < -0.39 is 0 Å². The van der Waals surface area contributed by atoms with Gasteiger partial charge in [0.05, 0.1) is 17.5 Å². The minimum Gasteiger partial charge on any atom is -0.274 e. The lowest BCUT2D eigenvalue weighted by Crippen LogP contribution is -2.38. The second-order valence-corrected chi connectivity index (χ2v) is 7.27. The van der Waals surface area contributed by atoms with Crippen molar-refractivity contribution in [3.63, 3.8) is 0 Å². The Hall–Kier alpha value is -2.68. The van der Waals surface area contributed by atoms with Crippen molar-refractivity contribution in [2.75, 3.05) is 4.90 Å². The molecule has 3 nitrogen and oxygen atoms in total. The van der Waals surface area contributed by atoms with Gasteiger partial charge in [0.1, 0.15) is 0 Å². The number of anilines is 1. The first-order valence-electron chi connectivity index (χ1n) is 8.95. The Balaban J connectivity index is 1.48. The van der Waals surface area contributed by atoms with Crippen molar-refractivity contribution in [1.29, 1.82) is 0 Å². The molecule has 0 aromatic heterocycles. The number of imide groups is 1. The van der Waals surface area contributed by atoms with Crippen LogP contribution in [0.3, 0.4) is 0 Å². The molecule has 124 valence electrons. The summed E-state index contributed by atoms with van der Waals surface area (Å²) in [7, 11) is 0. The zero-order valence-corrected chi connectivity index (χ0v) is 13.8. The van der Waals surface area contributed by atoms with Crippen LogP contribution in [0.1, 0.15) is 12.8 Å². The SMILES string of the molecule is O=C1[C@@H]2[C@@H](C(=O)N1c1ccc(-c3ccccc3)cc1)[C@H]1C=C[C@@H]2CC1. The van der Waals surface area contributed by atoms with Gasteiger partial charge in [0, 0.05) is 0 Å². The van der Waals surface area contributed by atoms with Crippen LogP contribution in [0.25, 0.3) is 11.1 Å². The highest BCUT2D eigenvalue weighted by atomic mass is 16.2. The van der Waals surface area contributed by atoms with Crippen molar-refractivity contribution in [1.82, 2.24) is 0 Å². The van der Waals surface area contributed by atoms with Crippen molar-refractivity contribution in [2.24, 2.45) is 23.7 Å². The van der Waals surface area contributed by atoms with Crippen LogP contribution in [0.4, 0.5) is 5.69 Å². The highest BCUT2D eigenvalue weighted by Gasteiger charge is 2.56. The van der Waals surface area contributed by atoms with Crippen molar-refractivity contribution < 1.29 is 9.59 Å². The number of hydrogen-bond acceptors (Lipinski definition) is 2. The van der Waals surface area contributed by atoms with Crippen LogP contribution in [0.15, 0.2) is 66.7 Å². The summed E-state index contributed by atoms with van der Waals surface area (Å²) >= 11 is 0. The van der Waals surface area contributed by atoms with Gasteiger partial charge in [-0.3, -0.25) is 14.5 Å². The number of fused-ring (bicyclic) bond motifs is 1. The summed E-state index contributed by atoms with van der Waals surface area (Å²) in [5.74, 6) is 0.151.